The van der Waals surface area contributed by atoms with E-state index < -0.39 is 11.5 Å². The largest absolute Gasteiger partial charge is 0.479 e. The monoisotopic (exact) mass is 293 g/mol. The minimum Gasteiger partial charge on any atom is -0.479 e. The molecule has 2 unspecified atom stereocenters. The first kappa shape index (κ1) is 17.2. The van der Waals surface area contributed by atoms with E-state index in [1.165, 1.54) is 14.0 Å². The Bertz CT molecular complexity index is 474. The van der Waals surface area contributed by atoms with Crippen LogP contribution in [0, 0.1) is 0 Å². The zero-order chi connectivity index (χ0) is 15.9. The summed E-state index contributed by atoms with van der Waals surface area (Å²) < 4.78 is 4.89. The average Bonchev–Trinajstić information content (AvgIpc) is 2.45. The molecule has 0 aliphatic heterocycles. The molecule has 2 atom stereocenters. The fraction of sp³-hybridized carbons (Fsp3) is 0.500. The molecule has 0 bridgehead atoms. The SMILES string of the molecule is CCC(CC(=O)NC(C)(COC)C(=O)O)c1ccccc1. The third-order valence-electron chi connectivity index (χ3n) is 3.52. The van der Waals surface area contributed by atoms with Gasteiger partial charge in [-0.2, -0.15) is 0 Å². The van der Waals surface area contributed by atoms with Crippen molar-refractivity contribution in [2.24, 2.45) is 0 Å². The lowest BCUT2D eigenvalue weighted by Gasteiger charge is -2.26. The molecule has 2 N–H and O–H groups in total. The van der Waals surface area contributed by atoms with Gasteiger partial charge in [0.2, 0.25) is 5.91 Å². The highest BCUT2D eigenvalue weighted by Crippen LogP contribution is 2.23. The minimum absolute atomic E-state index is 0.0732. The summed E-state index contributed by atoms with van der Waals surface area (Å²) in [7, 11) is 1.41. The van der Waals surface area contributed by atoms with Crippen molar-refractivity contribution >= 4 is 11.9 Å². The average molecular weight is 293 g/mol. The number of ether oxygens (including phenoxy) is 1. The van der Waals surface area contributed by atoms with Crippen LogP contribution in [0.25, 0.3) is 0 Å². The Balaban J connectivity index is 2.73. The van der Waals surface area contributed by atoms with E-state index in [1.807, 2.05) is 37.3 Å². The molecule has 5 heteroatoms. The number of methoxy groups -OCH3 is 1. The molecular formula is C16H23NO4. The Morgan fingerprint density at radius 2 is 1.95 bits per heavy atom. The molecule has 0 heterocycles. The highest BCUT2D eigenvalue weighted by molar-refractivity contribution is 5.87. The van der Waals surface area contributed by atoms with Crippen molar-refractivity contribution in [2.75, 3.05) is 13.7 Å². The molecule has 0 saturated heterocycles. The molecular weight excluding hydrogens is 270 g/mol. The molecule has 0 fully saturated rings. The van der Waals surface area contributed by atoms with Crippen LogP contribution in [-0.2, 0) is 14.3 Å². The van der Waals surface area contributed by atoms with E-state index in [0.29, 0.717) is 0 Å². The highest BCUT2D eigenvalue weighted by Gasteiger charge is 2.35. The molecule has 1 amide bonds. The van der Waals surface area contributed by atoms with Crippen molar-refractivity contribution in [3.05, 3.63) is 35.9 Å². The van der Waals surface area contributed by atoms with Crippen LogP contribution < -0.4 is 5.32 Å². The number of hydrogen-bond acceptors (Lipinski definition) is 3. The lowest BCUT2D eigenvalue weighted by Crippen LogP contribution is -2.55. The summed E-state index contributed by atoms with van der Waals surface area (Å²) in [5, 5.41) is 11.8. The number of carbonyl (C=O) groups excluding carboxylic acids is 1. The maximum atomic E-state index is 12.2. The molecule has 0 aromatic heterocycles. The van der Waals surface area contributed by atoms with Crippen molar-refractivity contribution in [2.45, 2.75) is 38.1 Å². The van der Waals surface area contributed by atoms with E-state index in [2.05, 4.69) is 5.32 Å². The number of carboxylic acids is 1. The van der Waals surface area contributed by atoms with Crippen LogP contribution in [0.15, 0.2) is 30.3 Å². The number of carboxylic acid groups (broad SMARTS) is 1. The van der Waals surface area contributed by atoms with Crippen molar-refractivity contribution in [1.82, 2.24) is 5.32 Å². The summed E-state index contributed by atoms with van der Waals surface area (Å²) in [5.41, 5.74) is -0.320. The summed E-state index contributed by atoms with van der Waals surface area (Å²) in [6.07, 6.45) is 1.07. The first-order valence-electron chi connectivity index (χ1n) is 7.01. The maximum Gasteiger partial charge on any atom is 0.331 e. The lowest BCUT2D eigenvalue weighted by molar-refractivity contribution is -0.149. The predicted octanol–water partition coefficient (Wildman–Crippen LogP) is 2.18. The molecule has 1 aromatic carbocycles. The zero-order valence-corrected chi connectivity index (χ0v) is 12.8. The first-order valence-corrected chi connectivity index (χ1v) is 7.01. The number of hydrogen-bond donors (Lipinski definition) is 2. The molecule has 0 radical (unpaired) electrons. The van der Waals surface area contributed by atoms with E-state index in [9.17, 15) is 14.7 Å². The maximum absolute atomic E-state index is 12.2. The summed E-state index contributed by atoms with van der Waals surface area (Å²) in [4.78, 5) is 23.4. The smallest absolute Gasteiger partial charge is 0.331 e. The third-order valence-corrected chi connectivity index (χ3v) is 3.52. The van der Waals surface area contributed by atoms with E-state index in [0.717, 1.165) is 12.0 Å². The highest BCUT2D eigenvalue weighted by atomic mass is 16.5. The molecule has 1 rings (SSSR count). The van der Waals surface area contributed by atoms with Gasteiger partial charge in [0.1, 0.15) is 0 Å². The van der Waals surface area contributed by atoms with Crippen LogP contribution in [0.1, 0.15) is 38.2 Å². The fourth-order valence-electron chi connectivity index (χ4n) is 2.25. The lowest BCUT2D eigenvalue weighted by atomic mass is 9.92. The fourth-order valence-corrected chi connectivity index (χ4v) is 2.25. The van der Waals surface area contributed by atoms with Gasteiger partial charge in [0, 0.05) is 13.5 Å². The van der Waals surface area contributed by atoms with Gasteiger partial charge >= 0.3 is 5.97 Å². The summed E-state index contributed by atoms with van der Waals surface area (Å²) in [6.45, 7) is 3.38. The number of rotatable bonds is 8. The second-order valence-corrected chi connectivity index (χ2v) is 5.34. The van der Waals surface area contributed by atoms with Crippen LogP contribution in [0.3, 0.4) is 0 Å². The Morgan fingerprint density at radius 3 is 2.43 bits per heavy atom. The Kier molecular flexibility index (Phi) is 6.37. The van der Waals surface area contributed by atoms with Crippen LogP contribution in [0.5, 0.6) is 0 Å². The quantitative estimate of drug-likeness (QED) is 0.770. The number of nitrogens with one attached hydrogen (secondary N) is 1. The van der Waals surface area contributed by atoms with Crippen LogP contribution >= 0.6 is 0 Å². The van der Waals surface area contributed by atoms with E-state index in [-0.39, 0.29) is 24.9 Å². The Labute approximate surface area is 125 Å². The molecule has 0 aliphatic rings. The van der Waals surface area contributed by atoms with Crippen LogP contribution in [0.4, 0.5) is 0 Å². The van der Waals surface area contributed by atoms with Gasteiger partial charge in [-0.25, -0.2) is 4.79 Å². The Morgan fingerprint density at radius 1 is 1.33 bits per heavy atom. The summed E-state index contributed by atoms with van der Waals surface area (Å²) in [5.74, 6) is -1.31. The molecule has 5 nitrogen and oxygen atoms in total. The molecule has 1 aromatic rings. The molecule has 0 spiro atoms. The van der Waals surface area contributed by atoms with Gasteiger partial charge in [-0.05, 0) is 24.8 Å². The summed E-state index contributed by atoms with van der Waals surface area (Å²) in [6, 6.07) is 9.75. The van der Waals surface area contributed by atoms with Crippen LogP contribution in [0.2, 0.25) is 0 Å². The predicted molar refractivity (Wildman–Crippen MR) is 80.2 cm³/mol. The van der Waals surface area contributed by atoms with Gasteiger partial charge in [0.05, 0.1) is 6.61 Å². The van der Waals surface area contributed by atoms with Gasteiger partial charge in [0.15, 0.2) is 5.54 Å². The topological polar surface area (TPSA) is 75.6 Å². The third kappa shape index (κ3) is 4.86. The van der Waals surface area contributed by atoms with Gasteiger partial charge in [-0.3, -0.25) is 4.79 Å². The minimum atomic E-state index is -1.40. The Hall–Kier alpha value is -1.88. The van der Waals surface area contributed by atoms with E-state index >= 15 is 0 Å². The van der Waals surface area contributed by atoms with Crippen LogP contribution in [-0.4, -0.2) is 36.2 Å². The van der Waals surface area contributed by atoms with Gasteiger partial charge in [-0.15, -0.1) is 0 Å². The molecule has 21 heavy (non-hydrogen) atoms. The van der Waals surface area contributed by atoms with Gasteiger partial charge in [-0.1, -0.05) is 37.3 Å². The number of amides is 1. The van der Waals surface area contributed by atoms with E-state index in [4.69, 9.17) is 4.74 Å². The number of aliphatic carboxylic acids is 1. The normalized spacial score (nSPS) is 15.0. The van der Waals surface area contributed by atoms with Gasteiger partial charge < -0.3 is 15.2 Å². The van der Waals surface area contributed by atoms with Crippen molar-refractivity contribution in [3.63, 3.8) is 0 Å². The first-order chi connectivity index (χ1) is 9.92. The number of benzene rings is 1. The zero-order valence-electron chi connectivity index (χ0n) is 12.8. The number of carbonyl (C=O) groups is 2. The molecule has 0 saturated carbocycles. The van der Waals surface area contributed by atoms with E-state index in [1.54, 1.807) is 0 Å². The summed E-state index contributed by atoms with van der Waals surface area (Å²) >= 11 is 0. The van der Waals surface area contributed by atoms with Gasteiger partial charge in [0.25, 0.3) is 0 Å². The van der Waals surface area contributed by atoms with Crippen molar-refractivity contribution in [1.29, 1.82) is 0 Å². The van der Waals surface area contributed by atoms with Crippen molar-refractivity contribution < 1.29 is 19.4 Å². The second kappa shape index (κ2) is 7.78. The standard InChI is InChI=1S/C16H23NO4/c1-4-12(13-8-6-5-7-9-13)10-14(18)17-16(2,11-21-3)15(19)20/h5-9,12H,4,10-11H2,1-3H3,(H,17,18)(H,19,20). The molecule has 0 aliphatic carbocycles. The molecule has 116 valence electrons. The second-order valence-electron chi connectivity index (χ2n) is 5.34. The van der Waals surface area contributed by atoms with Crippen molar-refractivity contribution in [3.8, 4) is 0 Å².